The van der Waals surface area contributed by atoms with E-state index in [4.69, 9.17) is 10.5 Å². The van der Waals surface area contributed by atoms with Crippen molar-refractivity contribution in [2.24, 2.45) is 5.73 Å². The van der Waals surface area contributed by atoms with Gasteiger partial charge in [-0.25, -0.2) is 4.79 Å². The van der Waals surface area contributed by atoms with Crippen LogP contribution in [-0.2, 0) is 0 Å². The van der Waals surface area contributed by atoms with Crippen LogP contribution in [0.15, 0.2) is 12.2 Å². The molecule has 104 valence electrons. The van der Waals surface area contributed by atoms with Crippen LogP contribution in [0.2, 0.25) is 0 Å². The molecule has 3 N–H and O–H groups in total. The van der Waals surface area contributed by atoms with Gasteiger partial charge >= 0.3 is 6.03 Å². The Labute approximate surface area is 115 Å². The summed E-state index contributed by atoms with van der Waals surface area (Å²) in [5.74, 6) is -0.567. The number of hydrogen-bond donors (Lipinski definition) is 2. The second kappa shape index (κ2) is 6.74. The summed E-state index contributed by atoms with van der Waals surface area (Å²) < 4.78 is 9.28. The average Bonchev–Trinajstić information content (AvgIpc) is 2.72. The van der Waals surface area contributed by atoms with Crippen LogP contribution >= 0.6 is 11.5 Å². The minimum atomic E-state index is -0.696. The first-order chi connectivity index (χ1) is 8.97. The number of anilines is 1. The number of primary amides is 1. The first-order valence-corrected chi connectivity index (χ1v) is 6.26. The predicted octanol–water partition coefficient (Wildman–Crippen LogP) is 1.29. The van der Waals surface area contributed by atoms with E-state index < -0.39 is 5.91 Å². The van der Waals surface area contributed by atoms with Gasteiger partial charge in [0, 0.05) is 14.1 Å². The maximum Gasteiger partial charge on any atom is 0.321 e. The van der Waals surface area contributed by atoms with Crippen molar-refractivity contribution in [3.05, 3.63) is 17.7 Å². The Bertz CT molecular complexity index is 496. The zero-order valence-corrected chi connectivity index (χ0v) is 11.8. The molecule has 1 aromatic heterocycles. The maximum atomic E-state index is 11.5. The molecule has 0 saturated carbocycles. The van der Waals surface area contributed by atoms with E-state index in [1.165, 1.54) is 4.90 Å². The van der Waals surface area contributed by atoms with Gasteiger partial charge in [0.1, 0.15) is 17.2 Å². The highest BCUT2D eigenvalue weighted by Gasteiger charge is 2.22. The van der Waals surface area contributed by atoms with Crippen molar-refractivity contribution in [3.8, 4) is 5.88 Å². The number of urea groups is 1. The summed E-state index contributed by atoms with van der Waals surface area (Å²) in [6.07, 6.45) is 3.58. The quantitative estimate of drug-likeness (QED) is 0.796. The second-order valence-electron chi connectivity index (χ2n) is 3.76. The Morgan fingerprint density at radius 1 is 1.53 bits per heavy atom. The van der Waals surface area contributed by atoms with Gasteiger partial charge in [-0.05, 0) is 18.5 Å². The summed E-state index contributed by atoms with van der Waals surface area (Å²) in [5.41, 5.74) is 5.37. The monoisotopic (exact) mass is 284 g/mol. The highest BCUT2D eigenvalue weighted by Crippen LogP contribution is 2.30. The zero-order valence-electron chi connectivity index (χ0n) is 11.0. The Kier molecular flexibility index (Phi) is 5.31. The number of carbonyl (C=O) groups is 2. The molecule has 0 aliphatic rings. The number of aromatic nitrogens is 1. The van der Waals surface area contributed by atoms with Gasteiger partial charge in [0.2, 0.25) is 5.88 Å². The lowest BCUT2D eigenvalue weighted by Gasteiger charge is -2.11. The molecule has 1 heterocycles. The number of carbonyl (C=O) groups excluding carboxylic acids is 2. The highest BCUT2D eigenvalue weighted by molar-refractivity contribution is 7.11. The van der Waals surface area contributed by atoms with E-state index in [1.54, 1.807) is 20.2 Å². The number of nitrogens with zero attached hydrogens (tertiary/aromatic N) is 2. The summed E-state index contributed by atoms with van der Waals surface area (Å²) >= 11 is 0.950. The first kappa shape index (κ1) is 15.0. The maximum absolute atomic E-state index is 11.5. The molecule has 8 heteroatoms. The standard InChI is InChI=1S/C11H16N4O3S/c1-4-5-6-18-9-7(8(12)16)10(19-14-9)13-11(17)15(2)3/h4-5H,6H2,1-3H3,(H2,12,16)(H,13,17). The van der Waals surface area contributed by atoms with Crippen LogP contribution in [-0.4, -0.2) is 41.9 Å². The summed E-state index contributed by atoms with van der Waals surface area (Å²) in [7, 11) is 3.17. The van der Waals surface area contributed by atoms with Gasteiger partial charge in [-0.15, -0.1) is 0 Å². The van der Waals surface area contributed by atoms with Gasteiger partial charge in [-0.1, -0.05) is 12.2 Å². The molecule has 0 spiro atoms. The molecule has 0 aliphatic heterocycles. The lowest BCUT2D eigenvalue weighted by molar-refractivity contribution is 0.0997. The fraction of sp³-hybridized carbons (Fsp3) is 0.364. The minimum Gasteiger partial charge on any atom is -0.472 e. The van der Waals surface area contributed by atoms with Gasteiger partial charge in [0.15, 0.2) is 0 Å². The van der Waals surface area contributed by atoms with Gasteiger partial charge < -0.3 is 15.4 Å². The summed E-state index contributed by atoms with van der Waals surface area (Å²) in [6.45, 7) is 2.13. The van der Waals surface area contributed by atoms with E-state index in [9.17, 15) is 9.59 Å². The molecule has 0 radical (unpaired) electrons. The highest BCUT2D eigenvalue weighted by atomic mass is 32.1. The molecule has 3 amide bonds. The van der Waals surface area contributed by atoms with Crippen LogP contribution in [0.1, 0.15) is 17.3 Å². The van der Waals surface area contributed by atoms with Gasteiger partial charge in [0.05, 0.1) is 0 Å². The molecule has 0 saturated heterocycles. The third-order valence-corrected chi connectivity index (χ3v) is 2.83. The fourth-order valence-electron chi connectivity index (χ4n) is 1.11. The van der Waals surface area contributed by atoms with Crippen LogP contribution in [0.3, 0.4) is 0 Å². The minimum absolute atomic E-state index is 0.0877. The summed E-state index contributed by atoms with van der Waals surface area (Å²) in [4.78, 5) is 24.3. The smallest absolute Gasteiger partial charge is 0.321 e. The molecular formula is C11H16N4O3S. The van der Waals surface area contributed by atoms with E-state index >= 15 is 0 Å². The van der Waals surface area contributed by atoms with Crippen molar-refractivity contribution >= 4 is 28.5 Å². The summed E-state index contributed by atoms with van der Waals surface area (Å²) in [6, 6.07) is -0.369. The second-order valence-corrected chi connectivity index (χ2v) is 4.53. The molecule has 0 aromatic carbocycles. The van der Waals surface area contributed by atoms with Crippen molar-refractivity contribution in [1.29, 1.82) is 0 Å². The van der Waals surface area contributed by atoms with Crippen molar-refractivity contribution in [3.63, 3.8) is 0 Å². The molecule has 0 unspecified atom stereocenters. The number of nitrogens with two attached hydrogens (primary N) is 1. The summed E-state index contributed by atoms with van der Waals surface area (Å²) in [5, 5.41) is 2.83. The zero-order chi connectivity index (χ0) is 14.4. The molecule has 0 fully saturated rings. The van der Waals surface area contributed by atoms with Crippen LogP contribution < -0.4 is 15.8 Å². The Hall–Kier alpha value is -2.09. The molecule has 19 heavy (non-hydrogen) atoms. The van der Waals surface area contributed by atoms with Gasteiger partial charge in [-0.2, -0.15) is 4.37 Å². The van der Waals surface area contributed by atoms with Gasteiger partial charge in [-0.3, -0.25) is 10.1 Å². The molecular weight excluding hydrogens is 268 g/mol. The Balaban J connectivity index is 2.93. The molecule has 1 aromatic rings. The fourth-order valence-corrected chi connectivity index (χ4v) is 1.84. The Morgan fingerprint density at radius 3 is 2.74 bits per heavy atom. The van der Waals surface area contributed by atoms with Gasteiger partial charge in [0.25, 0.3) is 5.91 Å². The lowest BCUT2D eigenvalue weighted by atomic mass is 10.3. The third kappa shape index (κ3) is 3.95. The van der Waals surface area contributed by atoms with Crippen molar-refractivity contribution in [2.75, 3.05) is 26.0 Å². The van der Waals surface area contributed by atoms with E-state index in [-0.39, 0.29) is 29.1 Å². The number of allylic oxidation sites excluding steroid dienone is 1. The Morgan fingerprint density at radius 2 is 2.21 bits per heavy atom. The average molecular weight is 284 g/mol. The number of ether oxygens (including phenoxy) is 1. The van der Waals surface area contributed by atoms with Crippen molar-refractivity contribution < 1.29 is 14.3 Å². The van der Waals surface area contributed by atoms with Crippen molar-refractivity contribution in [1.82, 2.24) is 9.27 Å². The van der Waals surface area contributed by atoms with Crippen LogP contribution in [0, 0.1) is 0 Å². The number of rotatable bonds is 5. The van der Waals surface area contributed by atoms with Crippen molar-refractivity contribution in [2.45, 2.75) is 6.92 Å². The predicted molar refractivity (Wildman–Crippen MR) is 73.6 cm³/mol. The SMILES string of the molecule is CC=CCOc1nsc(NC(=O)N(C)C)c1C(N)=O. The first-order valence-electron chi connectivity index (χ1n) is 5.49. The molecule has 7 nitrogen and oxygen atoms in total. The molecule has 0 atom stereocenters. The van der Waals surface area contributed by atoms with Crippen LogP contribution in [0.5, 0.6) is 5.88 Å². The van der Waals surface area contributed by atoms with E-state index in [1.807, 2.05) is 13.0 Å². The van der Waals surface area contributed by atoms with E-state index in [0.29, 0.717) is 0 Å². The molecule has 0 aliphatic carbocycles. The number of hydrogen-bond acceptors (Lipinski definition) is 5. The molecule has 1 rings (SSSR count). The number of nitrogens with one attached hydrogen (secondary N) is 1. The third-order valence-electron chi connectivity index (χ3n) is 2.09. The normalized spacial score (nSPS) is 10.5. The topological polar surface area (TPSA) is 97.6 Å². The van der Waals surface area contributed by atoms with E-state index in [0.717, 1.165) is 11.5 Å². The van der Waals surface area contributed by atoms with Crippen LogP contribution in [0.25, 0.3) is 0 Å². The largest absolute Gasteiger partial charge is 0.472 e. The molecule has 0 bridgehead atoms. The lowest BCUT2D eigenvalue weighted by Crippen LogP contribution is -2.28. The number of amides is 3. The van der Waals surface area contributed by atoms with E-state index in [2.05, 4.69) is 9.69 Å². The van der Waals surface area contributed by atoms with Crippen LogP contribution in [0.4, 0.5) is 9.80 Å².